The molecule has 0 aliphatic rings. The van der Waals surface area contributed by atoms with Gasteiger partial charge in [0.1, 0.15) is 0 Å². The van der Waals surface area contributed by atoms with Crippen molar-refractivity contribution < 1.29 is 17.7 Å². The lowest BCUT2D eigenvalue weighted by atomic mass is 10.1. The molecule has 0 saturated heterocycles. The van der Waals surface area contributed by atoms with Crippen LogP contribution in [0.4, 0.5) is 5.69 Å². The van der Waals surface area contributed by atoms with E-state index < -0.39 is 20.9 Å². The molecule has 1 N–H and O–H groups in total. The summed E-state index contributed by atoms with van der Waals surface area (Å²) in [6.07, 6.45) is 1.10. The lowest BCUT2D eigenvalue weighted by Gasteiger charge is -2.10. The fourth-order valence-electron chi connectivity index (χ4n) is 3.63. The number of amides is 1. The number of rotatable bonds is 7. The number of hydrogen-bond acceptors (Lipinski definition) is 8. The highest BCUT2D eigenvalue weighted by molar-refractivity contribution is 7.90. The van der Waals surface area contributed by atoms with Gasteiger partial charge in [0.15, 0.2) is 5.69 Å². The summed E-state index contributed by atoms with van der Waals surface area (Å²) >= 11 is 6.19. The van der Waals surface area contributed by atoms with Crippen molar-refractivity contribution in [1.29, 1.82) is 0 Å². The van der Waals surface area contributed by atoms with Crippen LogP contribution >= 0.6 is 11.6 Å². The van der Waals surface area contributed by atoms with Crippen molar-refractivity contribution in [3.8, 4) is 22.8 Å². The monoisotopic (exact) mass is 545 g/mol. The minimum absolute atomic E-state index is 0.0990. The number of aromatic nitrogens is 4. The van der Waals surface area contributed by atoms with Crippen molar-refractivity contribution >= 4 is 33.0 Å². The third kappa shape index (κ3) is 5.46. The molecule has 190 valence electrons. The van der Waals surface area contributed by atoms with Crippen LogP contribution in [0.5, 0.6) is 0 Å². The Labute approximate surface area is 223 Å². The highest BCUT2D eigenvalue weighted by Gasteiger charge is 2.24. The molecule has 0 radical (unpaired) electrons. The molecule has 0 bridgehead atoms. The van der Waals surface area contributed by atoms with E-state index in [0.29, 0.717) is 22.6 Å². The highest BCUT2D eigenvalue weighted by Crippen LogP contribution is 2.29. The second kappa shape index (κ2) is 10.5. The molecule has 38 heavy (non-hydrogen) atoms. The maximum absolute atomic E-state index is 13.2. The van der Waals surface area contributed by atoms with E-state index in [0.717, 1.165) is 17.3 Å². The highest BCUT2D eigenvalue weighted by atomic mass is 35.5. The van der Waals surface area contributed by atoms with Crippen LogP contribution in [0.1, 0.15) is 21.6 Å². The van der Waals surface area contributed by atoms with E-state index in [2.05, 4.69) is 25.4 Å². The largest absolute Gasteiger partial charge is 0.334 e. The molecule has 0 fully saturated rings. The molecule has 0 atom stereocenters. The third-order valence-electron chi connectivity index (χ3n) is 5.56. The summed E-state index contributed by atoms with van der Waals surface area (Å²) in [4.78, 5) is 25.5. The maximum atomic E-state index is 13.2. The van der Waals surface area contributed by atoms with Crippen molar-refractivity contribution in [2.45, 2.75) is 17.8 Å². The van der Waals surface area contributed by atoms with E-state index in [1.54, 1.807) is 54.6 Å². The number of aryl methyl sites for hydroxylation is 1. The molecule has 3 aromatic carbocycles. The van der Waals surface area contributed by atoms with E-state index in [1.807, 2.05) is 31.2 Å². The van der Waals surface area contributed by atoms with Crippen LogP contribution in [-0.4, -0.2) is 34.4 Å². The standard InChI is InChI=1S/C27H20ClN5O4S/c1-17-11-13-19(14-12-17)24-32-26(37-33-24)20-9-5-6-10-22(20)30-25(34)23-21(28)15-29-27(31-23)38(35,36)16-18-7-3-2-4-8-18/h2-15H,16H2,1H3,(H,30,34). The Bertz CT molecular complexity index is 1720. The molecule has 1 amide bonds. The second-order valence-electron chi connectivity index (χ2n) is 8.38. The van der Waals surface area contributed by atoms with E-state index >= 15 is 0 Å². The first kappa shape index (κ1) is 25.2. The van der Waals surface area contributed by atoms with Gasteiger partial charge < -0.3 is 9.84 Å². The van der Waals surface area contributed by atoms with Gasteiger partial charge in [-0.1, -0.05) is 89.1 Å². The van der Waals surface area contributed by atoms with Gasteiger partial charge in [0.2, 0.25) is 20.8 Å². The minimum atomic E-state index is -3.93. The smallest absolute Gasteiger partial charge is 0.276 e. The number of para-hydroxylation sites is 1. The number of anilines is 1. The summed E-state index contributed by atoms with van der Waals surface area (Å²) in [5.74, 6) is -0.455. The van der Waals surface area contributed by atoms with Crippen LogP contribution in [0.25, 0.3) is 22.8 Å². The Morgan fingerprint density at radius 3 is 2.42 bits per heavy atom. The van der Waals surface area contributed by atoms with Crippen molar-refractivity contribution in [3.05, 3.63) is 107 Å². The van der Waals surface area contributed by atoms with Crippen molar-refractivity contribution in [1.82, 2.24) is 20.1 Å². The molecule has 0 spiro atoms. The first-order valence-electron chi connectivity index (χ1n) is 11.4. The van der Waals surface area contributed by atoms with E-state index in [4.69, 9.17) is 16.1 Å². The minimum Gasteiger partial charge on any atom is -0.334 e. The predicted molar refractivity (Wildman–Crippen MR) is 142 cm³/mol. The molecule has 2 heterocycles. The first-order chi connectivity index (χ1) is 18.3. The van der Waals surface area contributed by atoms with Gasteiger partial charge in [0.05, 0.1) is 28.2 Å². The average molecular weight is 546 g/mol. The Morgan fingerprint density at radius 2 is 1.66 bits per heavy atom. The number of carbonyl (C=O) groups excluding carboxylic acids is 1. The van der Waals surface area contributed by atoms with E-state index in [1.165, 1.54) is 0 Å². The van der Waals surface area contributed by atoms with Gasteiger partial charge >= 0.3 is 0 Å². The van der Waals surface area contributed by atoms with Gasteiger partial charge in [-0.25, -0.2) is 18.4 Å². The molecule has 11 heteroatoms. The van der Waals surface area contributed by atoms with Crippen molar-refractivity contribution in [2.75, 3.05) is 5.32 Å². The molecule has 9 nitrogen and oxygen atoms in total. The lowest BCUT2D eigenvalue weighted by molar-refractivity contribution is 0.102. The summed E-state index contributed by atoms with van der Waals surface area (Å²) in [6, 6.07) is 23.1. The van der Waals surface area contributed by atoms with Gasteiger partial charge in [-0.3, -0.25) is 4.79 Å². The molecule has 0 saturated carbocycles. The number of carbonyl (C=O) groups is 1. The molecular weight excluding hydrogens is 526 g/mol. The van der Waals surface area contributed by atoms with Crippen molar-refractivity contribution in [2.24, 2.45) is 0 Å². The summed E-state index contributed by atoms with van der Waals surface area (Å²) in [6.45, 7) is 1.98. The number of hydrogen-bond donors (Lipinski definition) is 1. The fourth-order valence-corrected chi connectivity index (χ4v) is 5.01. The van der Waals surface area contributed by atoms with Gasteiger partial charge in [0, 0.05) is 5.56 Å². The second-order valence-corrected chi connectivity index (χ2v) is 10.7. The van der Waals surface area contributed by atoms with Crippen LogP contribution in [0.15, 0.2) is 94.7 Å². The number of benzene rings is 3. The average Bonchev–Trinajstić information content (AvgIpc) is 3.40. The summed E-state index contributed by atoms with van der Waals surface area (Å²) < 4.78 is 31.3. The Kier molecular flexibility index (Phi) is 6.99. The lowest BCUT2D eigenvalue weighted by Crippen LogP contribution is -2.18. The van der Waals surface area contributed by atoms with Gasteiger partial charge in [-0.2, -0.15) is 4.98 Å². The quantitative estimate of drug-likeness (QED) is 0.270. The molecule has 0 unspecified atom stereocenters. The Balaban J connectivity index is 1.41. The zero-order chi connectivity index (χ0) is 26.7. The summed E-state index contributed by atoms with van der Waals surface area (Å²) in [7, 11) is -3.93. The molecular formula is C27H20ClN5O4S. The number of halogens is 1. The van der Waals surface area contributed by atoms with Crippen LogP contribution in [0.2, 0.25) is 5.02 Å². The fraction of sp³-hybridized carbons (Fsp3) is 0.0741. The Hall–Kier alpha value is -4.41. The maximum Gasteiger partial charge on any atom is 0.276 e. The first-order valence-corrected chi connectivity index (χ1v) is 13.4. The van der Waals surface area contributed by atoms with Gasteiger partial charge in [-0.15, -0.1) is 0 Å². The molecule has 2 aromatic heterocycles. The zero-order valence-electron chi connectivity index (χ0n) is 20.0. The van der Waals surface area contributed by atoms with Gasteiger partial charge in [0.25, 0.3) is 11.8 Å². The Morgan fingerprint density at radius 1 is 0.947 bits per heavy atom. The van der Waals surface area contributed by atoms with E-state index in [9.17, 15) is 13.2 Å². The molecule has 0 aliphatic carbocycles. The normalized spacial score (nSPS) is 11.3. The van der Waals surface area contributed by atoms with E-state index in [-0.39, 0.29) is 22.4 Å². The molecule has 5 aromatic rings. The number of sulfone groups is 1. The topological polar surface area (TPSA) is 128 Å². The third-order valence-corrected chi connectivity index (χ3v) is 7.30. The van der Waals surface area contributed by atoms with Crippen LogP contribution in [0.3, 0.4) is 0 Å². The van der Waals surface area contributed by atoms with Crippen molar-refractivity contribution in [3.63, 3.8) is 0 Å². The number of nitrogens with one attached hydrogen (secondary N) is 1. The molecule has 5 rings (SSSR count). The predicted octanol–water partition coefficient (Wildman–Crippen LogP) is 5.38. The zero-order valence-corrected chi connectivity index (χ0v) is 21.6. The van der Waals surface area contributed by atoms with Crippen LogP contribution in [0, 0.1) is 6.92 Å². The summed E-state index contributed by atoms with van der Waals surface area (Å²) in [5.41, 5.74) is 2.98. The van der Waals surface area contributed by atoms with Crippen LogP contribution in [-0.2, 0) is 15.6 Å². The molecule has 0 aliphatic heterocycles. The number of nitrogens with zero attached hydrogens (tertiary/aromatic N) is 4. The van der Waals surface area contributed by atoms with Gasteiger partial charge in [-0.05, 0) is 24.6 Å². The SMILES string of the molecule is Cc1ccc(-c2noc(-c3ccccc3NC(=O)c3nc(S(=O)(=O)Cc4ccccc4)ncc3Cl)n2)cc1. The summed E-state index contributed by atoms with van der Waals surface area (Å²) in [5, 5.41) is 6.17. The van der Waals surface area contributed by atoms with Crippen LogP contribution < -0.4 is 5.32 Å².